The van der Waals surface area contributed by atoms with Gasteiger partial charge in [-0.05, 0) is 35.5 Å². The Labute approximate surface area is 118 Å². The number of halogens is 1. The smallest absolute Gasteiger partial charge is 0.184 e. The number of nitrogens with zero attached hydrogens (tertiary/aromatic N) is 4. The molecule has 8 heteroatoms. The second-order valence-corrected chi connectivity index (χ2v) is 6.18. The fraction of sp³-hybridized carbons (Fsp3) is 0.364. The normalized spacial score (nSPS) is 14.3. The van der Waals surface area contributed by atoms with Crippen LogP contribution in [0.1, 0.15) is 13.0 Å². The first-order valence-electron chi connectivity index (χ1n) is 5.62. The van der Waals surface area contributed by atoms with Crippen LogP contribution < -0.4 is 5.73 Å². The van der Waals surface area contributed by atoms with Crippen molar-refractivity contribution >= 4 is 28.1 Å². The largest absolute Gasteiger partial charge is 0.398 e. The topological polar surface area (TPSA) is 86.7 Å². The van der Waals surface area contributed by atoms with E-state index in [0.29, 0.717) is 27.9 Å². The van der Waals surface area contributed by atoms with E-state index in [9.17, 15) is 4.21 Å². The Hall–Kier alpha value is -1.47. The summed E-state index contributed by atoms with van der Waals surface area (Å²) in [6, 6.07) is 5.08. The first-order chi connectivity index (χ1) is 8.99. The Morgan fingerprint density at radius 3 is 2.89 bits per heavy atom. The molecule has 0 fully saturated rings. The summed E-state index contributed by atoms with van der Waals surface area (Å²) < 4.78 is 12.9. The summed E-state index contributed by atoms with van der Waals surface area (Å²) in [5.41, 5.74) is 7.15. The molecule has 0 saturated heterocycles. The Kier molecular flexibility index (Phi) is 4.16. The lowest BCUT2D eigenvalue weighted by Gasteiger charge is -2.12. The fourth-order valence-electron chi connectivity index (χ4n) is 1.82. The minimum atomic E-state index is -0.923. The van der Waals surface area contributed by atoms with Crippen molar-refractivity contribution in [3.8, 4) is 11.4 Å². The van der Waals surface area contributed by atoms with Gasteiger partial charge in [-0.15, -0.1) is 5.10 Å². The molecule has 1 heterocycles. The van der Waals surface area contributed by atoms with Crippen LogP contribution in [-0.2, 0) is 10.8 Å². The third kappa shape index (κ3) is 3.10. The van der Waals surface area contributed by atoms with Gasteiger partial charge in [0, 0.05) is 39.1 Å². The van der Waals surface area contributed by atoms with Crippen LogP contribution in [0.25, 0.3) is 11.4 Å². The number of aromatic nitrogens is 4. The van der Waals surface area contributed by atoms with Gasteiger partial charge in [0.15, 0.2) is 5.82 Å². The van der Waals surface area contributed by atoms with Crippen molar-refractivity contribution in [1.29, 1.82) is 0 Å². The number of tetrazole rings is 1. The van der Waals surface area contributed by atoms with Gasteiger partial charge in [0.25, 0.3) is 0 Å². The number of nitrogens with two attached hydrogens (primary N) is 1. The zero-order valence-electron chi connectivity index (χ0n) is 10.6. The van der Waals surface area contributed by atoms with Crippen molar-refractivity contribution in [2.45, 2.75) is 13.0 Å². The van der Waals surface area contributed by atoms with Gasteiger partial charge in [0.1, 0.15) is 0 Å². The van der Waals surface area contributed by atoms with Crippen LogP contribution >= 0.6 is 11.6 Å². The van der Waals surface area contributed by atoms with Crippen LogP contribution in [0.4, 0.5) is 5.69 Å². The molecule has 6 nitrogen and oxygen atoms in total. The molecule has 2 unspecified atom stereocenters. The van der Waals surface area contributed by atoms with Crippen molar-refractivity contribution in [3.63, 3.8) is 0 Å². The summed E-state index contributed by atoms with van der Waals surface area (Å²) in [6.07, 6.45) is 1.65. The summed E-state index contributed by atoms with van der Waals surface area (Å²) in [4.78, 5) is 0. The average molecular weight is 300 g/mol. The van der Waals surface area contributed by atoms with E-state index >= 15 is 0 Å². The summed E-state index contributed by atoms with van der Waals surface area (Å²) in [5.74, 6) is 1.03. The van der Waals surface area contributed by atoms with Crippen LogP contribution in [0.3, 0.4) is 0 Å². The highest BCUT2D eigenvalue weighted by atomic mass is 35.5. The summed E-state index contributed by atoms with van der Waals surface area (Å²) in [5, 5.41) is 12.2. The van der Waals surface area contributed by atoms with E-state index in [1.807, 2.05) is 6.92 Å². The molecule has 0 bridgehead atoms. The minimum Gasteiger partial charge on any atom is -0.398 e. The molecule has 2 rings (SSSR count). The first kappa shape index (κ1) is 14.0. The first-order valence-corrected chi connectivity index (χ1v) is 7.73. The van der Waals surface area contributed by atoms with Crippen LogP contribution in [0.2, 0.25) is 5.02 Å². The predicted molar refractivity (Wildman–Crippen MR) is 76.3 cm³/mol. The second-order valence-electron chi connectivity index (χ2n) is 4.27. The van der Waals surface area contributed by atoms with Gasteiger partial charge in [-0.3, -0.25) is 4.21 Å². The zero-order chi connectivity index (χ0) is 14.0. The SMILES string of the molecule is CC(CS(C)=O)n1nnnc1-c1ccc(Cl)cc1N. The average Bonchev–Trinajstić information content (AvgIpc) is 2.76. The van der Waals surface area contributed by atoms with Crippen LogP contribution in [-0.4, -0.2) is 36.4 Å². The predicted octanol–water partition coefficient (Wildman–Crippen LogP) is 1.52. The van der Waals surface area contributed by atoms with E-state index in [1.54, 1.807) is 29.1 Å². The number of nitrogen functional groups attached to an aromatic ring is 1. The number of anilines is 1. The fourth-order valence-corrected chi connectivity index (χ4v) is 2.82. The molecular weight excluding hydrogens is 286 g/mol. The van der Waals surface area contributed by atoms with Crippen molar-refractivity contribution in [1.82, 2.24) is 20.2 Å². The van der Waals surface area contributed by atoms with Crippen LogP contribution in [0.15, 0.2) is 18.2 Å². The molecule has 2 aromatic rings. The highest BCUT2D eigenvalue weighted by Gasteiger charge is 2.17. The van der Waals surface area contributed by atoms with E-state index in [2.05, 4.69) is 15.5 Å². The molecule has 0 aliphatic carbocycles. The molecule has 0 aliphatic heterocycles. The lowest BCUT2D eigenvalue weighted by molar-refractivity contribution is 0.521. The van der Waals surface area contributed by atoms with Gasteiger partial charge in [-0.25, -0.2) is 4.68 Å². The highest BCUT2D eigenvalue weighted by Crippen LogP contribution is 2.27. The van der Waals surface area contributed by atoms with Crippen molar-refractivity contribution in [2.24, 2.45) is 0 Å². The molecular formula is C11H14ClN5OS. The lowest BCUT2D eigenvalue weighted by Crippen LogP contribution is -2.15. The van der Waals surface area contributed by atoms with Gasteiger partial charge in [0.2, 0.25) is 0 Å². The lowest BCUT2D eigenvalue weighted by atomic mass is 10.1. The highest BCUT2D eigenvalue weighted by molar-refractivity contribution is 7.84. The monoisotopic (exact) mass is 299 g/mol. The maximum absolute atomic E-state index is 11.3. The molecule has 1 aromatic heterocycles. The third-order valence-corrected chi connectivity index (χ3v) is 3.83. The van der Waals surface area contributed by atoms with Gasteiger partial charge < -0.3 is 5.73 Å². The Bertz CT molecular complexity index is 615. The molecule has 2 atom stereocenters. The quantitative estimate of drug-likeness (QED) is 0.865. The van der Waals surface area contributed by atoms with Crippen molar-refractivity contribution in [3.05, 3.63) is 23.2 Å². The maximum Gasteiger partial charge on any atom is 0.184 e. The van der Waals surface area contributed by atoms with Crippen molar-refractivity contribution in [2.75, 3.05) is 17.7 Å². The molecule has 0 aliphatic rings. The Morgan fingerprint density at radius 1 is 1.53 bits per heavy atom. The summed E-state index contributed by atoms with van der Waals surface area (Å²) >= 11 is 5.87. The van der Waals surface area contributed by atoms with E-state index in [0.717, 1.165) is 0 Å². The molecule has 0 spiro atoms. The zero-order valence-corrected chi connectivity index (χ0v) is 12.1. The Balaban J connectivity index is 2.41. The number of rotatable bonds is 4. The van der Waals surface area contributed by atoms with Gasteiger partial charge >= 0.3 is 0 Å². The van der Waals surface area contributed by atoms with Gasteiger partial charge in [-0.2, -0.15) is 0 Å². The van der Waals surface area contributed by atoms with Crippen LogP contribution in [0.5, 0.6) is 0 Å². The number of hydrogen-bond acceptors (Lipinski definition) is 5. The maximum atomic E-state index is 11.3. The van der Waals surface area contributed by atoms with E-state index < -0.39 is 10.8 Å². The number of hydrogen-bond donors (Lipinski definition) is 1. The van der Waals surface area contributed by atoms with Gasteiger partial charge in [-0.1, -0.05) is 11.6 Å². The standard InChI is InChI=1S/C11H14ClN5OS/c1-7(6-19(2)18)17-11(14-15-16-17)9-4-3-8(12)5-10(9)13/h3-5,7H,6,13H2,1-2H3. The molecule has 0 saturated carbocycles. The molecule has 0 amide bonds. The van der Waals surface area contributed by atoms with E-state index in [1.165, 1.54) is 0 Å². The summed E-state index contributed by atoms with van der Waals surface area (Å²) in [6.45, 7) is 1.91. The van der Waals surface area contributed by atoms with Crippen LogP contribution in [0, 0.1) is 0 Å². The van der Waals surface area contributed by atoms with Crippen molar-refractivity contribution < 1.29 is 4.21 Å². The molecule has 2 N–H and O–H groups in total. The molecule has 0 radical (unpaired) electrons. The van der Waals surface area contributed by atoms with E-state index in [4.69, 9.17) is 17.3 Å². The molecule has 1 aromatic carbocycles. The third-order valence-electron chi connectivity index (χ3n) is 2.64. The molecule has 102 valence electrons. The minimum absolute atomic E-state index is 0.0779. The number of benzene rings is 1. The van der Waals surface area contributed by atoms with Gasteiger partial charge in [0.05, 0.1) is 6.04 Å². The Morgan fingerprint density at radius 2 is 2.26 bits per heavy atom. The molecule has 19 heavy (non-hydrogen) atoms. The second kappa shape index (κ2) is 5.66. The summed E-state index contributed by atoms with van der Waals surface area (Å²) in [7, 11) is -0.923. The van der Waals surface area contributed by atoms with E-state index in [-0.39, 0.29) is 6.04 Å².